The van der Waals surface area contributed by atoms with Crippen molar-refractivity contribution >= 4 is 29.6 Å². The van der Waals surface area contributed by atoms with Crippen LogP contribution in [0.2, 0.25) is 0 Å². The van der Waals surface area contributed by atoms with E-state index < -0.39 is 46.7 Å². The summed E-state index contributed by atoms with van der Waals surface area (Å²) in [5, 5.41) is 6.64. The van der Waals surface area contributed by atoms with Gasteiger partial charge in [-0.1, -0.05) is 84.9 Å². The van der Waals surface area contributed by atoms with Gasteiger partial charge in [0.1, 0.15) is 6.04 Å². The molecule has 2 N–H and O–H groups in total. The van der Waals surface area contributed by atoms with Gasteiger partial charge in [0.15, 0.2) is 0 Å². The zero-order valence-corrected chi connectivity index (χ0v) is 26.0. The van der Waals surface area contributed by atoms with Gasteiger partial charge >= 0.3 is 5.97 Å². The van der Waals surface area contributed by atoms with E-state index in [1.54, 1.807) is 20.2 Å². The summed E-state index contributed by atoms with van der Waals surface area (Å²) >= 11 is 0. The highest BCUT2D eigenvalue weighted by Gasteiger charge is 2.42. The fourth-order valence-electron chi connectivity index (χ4n) is 4.97. The molecule has 0 bridgehead atoms. The molecule has 10 heteroatoms. The maximum Gasteiger partial charge on any atom is 0.359 e. The molecule has 0 spiro atoms. The van der Waals surface area contributed by atoms with Crippen LogP contribution in [0.5, 0.6) is 0 Å². The molecule has 4 amide bonds. The Hall–Kier alpha value is -3.53. The molecule has 0 aliphatic carbocycles. The van der Waals surface area contributed by atoms with Crippen LogP contribution < -0.4 is 10.6 Å². The van der Waals surface area contributed by atoms with Crippen molar-refractivity contribution in [2.45, 2.75) is 91.8 Å². The average molecular weight is 571 g/mol. The highest BCUT2D eigenvalue weighted by atomic mass is 16.7. The second-order valence-electron chi connectivity index (χ2n) is 12.6. The summed E-state index contributed by atoms with van der Waals surface area (Å²) in [6.07, 6.45) is 1.58. The summed E-state index contributed by atoms with van der Waals surface area (Å²) < 4.78 is 0. The number of hydroxylamine groups is 2. The number of hydrogen-bond acceptors (Lipinski definition) is 7. The Balaban J connectivity index is 2.30. The largest absolute Gasteiger partial charge is 0.359 e. The maximum atomic E-state index is 14.0. The fourth-order valence-corrected chi connectivity index (χ4v) is 4.97. The van der Waals surface area contributed by atoms with Crippen molar-refractivity contribution in [3.05, 3.63) is 47.5 Å². The Morgan fingerprint density at radius 3 is 1.98 bits per heavy atom. The average Bonchev–Trinajstić information content (AvgIpc) is 3.21. The third-order valence-electron chi connectivity index (χ3n) is 7.59. The zero-order chi connectivity index (χ0) is 31.3. The monoisotopic (exact) mass is 570 g/mol. The molecule has 1 aliphatic heterocycles. The lowest BCUT2D eigenvalue weighted by atomic mass is 9.76. The SMILES string of the molecule is CN[C@H](C(=O)N[C@H](C(=O)N(C)[C@H](/C=C(\C)C(=O)ON1C(=O)CCC1=O)C(C)C)C(C)(C)C)C(C)(C)c1ccccc1. The van der Waals surface area contributed by atoms with Crippen LogP contribution in [-0.2, 0) is 34.2 Å². The number of hydrogen-bond donors (Lipinski definition) is 2. The molecule has 0 aromatic heterocycles. The molecule has 1 heterocycles. The normalized spacial score (nSPS) is 16.9. The van der Waals surface area contributed by atoms with Crippen molar-refractivity contribution in [3.63, 3.8) is 0 Å². The molecule has 2 rings (SSSR count). The molecular formula is C31H46N4O6. The van der Waals surface area contributed by atoms with Crippen LogP contribution in [0, 0.1) is 11.3 Å². The molecule has 226 valence electrons. The molecule has 1 fully saturated rings. The van der Waals surface area contributed by atoms with Crippen molar-refractivity contribution in [2.24, 2.45) is 11.3 Å². The number of imide groups is 1. The van der Waals surface area contributed by atoms with Crippen molar-refractivity contribution in [3.8, 4) is 0 Å². The van der Waals surface area contributed by atoms with Crippen LogP contribution in [0.4, 0.5) is 0 Å². The second-order valence-corrected chi connectivity index (χ2v) is 12.6. The Kier molecular flexibility index (Phi) is 11.0. The van der Waals surface area contributed by atoms with E-state index in [2.05, 4.69) is 10.6 Å². The number of benzene rings is 1. The molecule has 0 unspecified atom stereocenters. The zero-order valence-electron chi connectivity index (χ0n) is 26.0. The van der Waals surface area contributed by atoms with Gasteiger partial charge in [-0.25, -0.2) is 4.79 Å². The van der Waals surface area contributed by atoms with Crippen LogP contribution in [0.15, 0.2) is 42.0 Å². The van der Waals surface area contributed by atoms with Crippen molar-refractivity contribution in [1.29, 1.82) is 0 Å². The summed E-state index contributed by atoms with van der Waals surface area (Å²) in [7, 11) is 3.35. The highest BCUT2D eigenvalue weighted by molar-refractivity contribution is 6.02. The molecule has 1 aromatic carbocycles. The van der Waals surface area contributed by atoms with Gasteiger partial charge in [-0.2, -0.15) is 0 Å². The first kappa shape index (κ1) is 33.7. The topological polar surface area (TPSA) is 125 Å². The van der Waals surface area contributed by atoms with Crippen LogP contribution in [0.1, 0.15) is 73.8 Å². The standard InChI is InChI=1S/C31H46N4O6/c1-19(2)22(18-20(3)29(40)41-35-23(36)16-17-24(35)37)34(10)28(39)26(30(4,5)6)33-27(38)25(32-9)31(7,8)21-14-12-11-13-15-21/h11-15,18-19,22,25-26,32H,16-17H2,1-10H3,(H,33,38)/b20-18+/t22-,25-,26-/m1/s1. The van der Waals surface area contributed by atoms with E-state index >= 15 is 0 Å². The first-order chi connectivity index (χ1) is 18.9. The Bertz CT molecular complexity index is 1150. The molecule has 1 aliphatic rings. The first-order valence-electron chi connectivity index (χ1n) is 14.0. The molecule has 0 radical (unpaired) electrons. The molecular weight excluding hydrogens is 524 g/mol. The van der Waals surface area contributed by atoms with Gasteiger partial charge in [0.2, 0.25) is 11.8 Å². The van der Waals surface area contributed by atoms with Crippen molar-refractivity contribution in [2.75, 3.05) is 14.1 Å². The van der Waals surface area contributed by atoms with E-state index in [1.807, 2.05) is 78.8 Å². The van der Waals surface area contributed by atoms with E-state index in [9.17, 15) is 24.0 Å². The summed E-state index contributed by atoms with van der Waals surface area (Å²) in [5.41, 5.74) is -0.0793. The lowest BCUT2D eigenvalue weighted by Crippen LogP contribution is -2.61. The molecule has 41 heavy (non-hydrogen) atoms. The first-order valence-corrected chi connectivity index (χ1v) is 14.0. The summed E-state index contributed by atoms with van der Waals surface area (Å²) in [5.74, 6) is -2.72. The predicted molar refractivity (Wildman–Crippen MR) is 156 cm³/mol. The lowest BCUT2D eigenvalue weighted by Gasteiger charge is -2.40. The number of carbonyl (C=O) groups excluding carboxylic acids is 5. The molecule has 3 atom stereocenters. The van der Waals surface area contributed by atoms with E-state index in [4.69, 9.17) is 4.84 Å². The van der Waals surface area contributed by atoms with Gasteiger partial charge in [-0.05, 0) is 30.9 Å². The van der Waals surface area contributed by atoms with Gasteiger partial charge in [-0.15, -0.1) is 5.06 Å². The number of likely N-dealkylation sites (N-methyl/N-ethyl adjacent to an activating group) is 2. The maximum absolute atomic E-state index is 14.0. The minimum absolute atomic E-state index is 0.00240. The Morgan fingerprint density at radius 1 is 0.976 bits per heavy atom. The van der Waals surface area contributed by atoms with Crippen LogP contribution in [0.3, 0.4) is 0 Å². The van der Waals surface area contributed by atoms with Gasteiger partial charge in [0.25, 0.3) is 11.8 Å². The van der Waals surface area contributed by atoms with Gasteiger partial charge in [0, 0.05) is 30.9 Å². The predicted octanol–water partition coefficient (Wildman–Crippen LogP) is 3.12. The van der Waals surface area contributed by atoms with E-state index in [-0.39, 0.29) is 36.1 Å². The summed E-state index contributed by atoms with van der Waals surface area (Å²) in [6, 6.07) is 7.69. The number of rotatable bonds is 11. The third kappa shape index (κ3) is 8.03. The van der Waals surface area contributed by atoms with Gasteiger partial charge < -0.3 is 20.4 Å². The molecule has 10 nitrogen and oxygen atoms in total. The summed E-state index contributed by atoms with van der Waals surface area (Å²) in [4.78, 5) is 70.6. The molecule has 1 saturated heterocycles. The smallest absolute Gasteiger partial charge is 0.342 e. The van der Waals surface area contributed by atoms with E-state index in [0.717, 1.165) is 5.56 Å². The number of carbonyl (C=O) groups is 5. The van der Waals surface area contributed by atoms with Gasteiger partial charge in [-0.3, -0.25) is 19.2 Å². The van der Waals surface area contributed by atoms with E-state index in [1.165, 1.54) is 11.8 Å². The number of nitrogens with zero attached hydrogens (tertiary/aromatic N) is 2. The Morgan fingerprint density at radius 2 is 1.51 bits per heavy atom. The third-order valence-corrected chi connectivity index (χ3v) is 7.59. The molecule has 1 aromatic rings. The highest BCUT2D eigenvalue weighted by Crippen LogP contribution is 2.29. The van der Waals surface area contributed by atoms with Gasteiger partial charge in [0.05, 0.1) is 12.1 Å². The fraction of sp³-hybridized carbons (Fsp3) is 0.581. The number of amides is 4. The minimum Gasteiger partial charge on any atom is -0.342 e. The second kappa shape index (κ2) is 13.4. The lowest BCUT2D eigenvalue weighted by molar-refractivity contribution is -0.194. The van der Waals surface area contributed by atoms with Crippen molar-refractivity contribution < 1.29 is 28.8 Å². The van der Waals surface area contributed by atoms with E-state index in [0.29, 0.717) is 5.06 Å². The minimum atomic E-state index is -0.871. The number of nitrogens with one attached hydrogen (secondary N) is 2. The van der Waals surface area contributed by atoms with Crippen LogP contribution >= 0.6 is 0 Å². The summed E-state index contributed by atoms with van der Waals surface area (Å²) in [6.45, 7) is 14.9. The van der Waals surface area contributed by atoms with Crippen LogP contribution in [-0.4, -0.2) is 71.8 Å². The van der Waals surface area contributed by atoms with Crippen molar-refractivity contribution in [1.82, 2.24) is 20.6 Å². The molecule has 0 saturated carbocycles. The van der Waals surface area contributed by atoms with Crippen LogP contribution in [0.25, 0.3) is 0 Å². The quantitative estimate of drug-likeness (QED) is 0.309. The Labute approximate surface area is 243 Å².